The van der Waals surface area contributed by atoms with E-state index in [1.807, 2.05) is 12.1 Å². The number of fused-ring (bicyclic) bond motifs is 1. The van der Waals surface area contributed by atoms with E-state index in [0.29, 0.717) is 23.0 Å². The highest BCUT2D eigenvalue weighted by Gasteiger charge is 2.20. The summed E-state index contributed by atoms with van der Waals surface area (Å²) in [4.78, 5) is 31.0. The van der Waals surface area contributed by atoms with Gasteiger partial charge in [-0.3, -0.25) is 9.59 Å². The van der Waals surface area contributed by atoms with Crippen LogP contribution in [-0.4, -0.2) is 34.8 Å². The Morgan fingerprint density at radius 3 is 2.57 bits per heavy atom. The van der Waals surface area contributed by atoms with Crippen molar-refractivity contribution in [1.29, 1.82) is 0 Å². The molecule has 0 saturated heterocycles. The van der Waals surface area contributed by atoms with E-state index in [9.17, 15) is 14.0 Å². The highest BCUT2D eigenvalue weighted by molar-refractivity contribution is 6.30. The molecule has 2 aromatic carbocycles. The average Bonchev–Trinajstić information content (AvgIpc) is 2.70. The number of likely N-dealkylation sites (N-methyl/N-ethyl adjacent to an activating group) is 1. The van der Waals surface area contributed by atoms with Gasteiger partial charge in [0.25, 0.3) is 5.91 Å². The van der Waals surface area contributed by atoms with Gasteiger partial charge in [-0.1, -0.05) is 41.9 Å². The lowest BCUT2D eigenvalue weighted by atomic mass is 10.1. The van der Waals surface area contributed by atoms with Gasteiger partial charge in [-0.25, -0.2) is 9.37 Å². The number of hydrogen-bond acceptors (Lipinski definition) is 3. The predicted octanol–water partition coefficient (Wildman–Crippen LogP) is 3.81. The van der Waals surface area contributed by atoms with Crippen molar-refractivity contribution >= 4 is 34.3 Å². The number of carbonyl (C=O) groups excluding carboxylic acids is 2. The third-order valence-corrected chi connectivity index (χ3v) is 4.52. The van der Waals surface area contributed by atoms with Gasteiger partial charge in [0.1, 0.15) is 11.0 Å². The van der Waals surface area contributed by atoms with Crippen LogP contribution in [0.5, 0.6) is 0 Å². The first kappa shape index (κ1) is 19.8. The molecule has 0 atom stereocenters. The monoisotopic (exact) mass is 399 g/mol. The second-order valence-corrected chi connectivity index (χ2v) is 6.62. The fourth-order valence-electron chi connectivity index (χ4n) is 2.85. The number of hydrogen-bond donors (Lipinski definition) is 1. The Bertz CT molecular complexity index is 1010. The van der Waals surface area contributed by atoms with E-state index in [0.717, 1.165) is 5.56 Å². The summed E-state index contributed by atoms with van der Waals surface area (Å²) < 4.78 is 12.9. The summed E-state index contributed by atoms with van der Waals surface area (Å²) in [5, 5.41) is 3.65. The molecule has 0 saturated carbocycles. The van der Waals surface area contributed by atoms with Gasteiger partial charge >= 0.3 is 0 Å². The Hall–Kier alpha value is -2.99. The largest absolute Gasteiger partial charge is 0.350 e. The van der Waals surface area contributed by atoms with Gasteiger partial charge < -0.3 is 10.2 Å². The van der Waals surface area contributed by atoms with Crippen molar-refractivity contribution in [2.45, 2.75) is 13.5 Å². The third-order valence-electron chi connectivity index (χ3n) is 4.32. The summed E-state index contributed by atoms with van der Waals surface area (Å²) in [5.74, 6) is -0.926. The van der Waals surface area contributed by atoms with Crippen molar-refractivity contribution in [2.24, 2.45) is 0 Å². The normalized spacial score (nSPS) is 10.7. The fraction of sp³-hybridized carbons (Fsp3) is 0.190. The zero-order valence-corrected chi connectivity index (χ0v) is 16.0. The molecule has 0 aliphatic heterocycles. The van der Waals surface area contributed by atoms with Crippen LogP contribution in [0.15, 0.2) is 54.6 Å². The van der Waals surface area contributed by atoms with Crippen molar-refractivity contribution in [3.05, 3.63) is 76.7 Å². The van der Waals surface area contributed by atoms with Crippen molar-refractivity contribution in [2.75, 3.05) is 13.1 Å². The number of aromatic nitrogens is 1. The van der Waals surface area contributed by atoms with E-state index >= 15 is 0 Å². The van der Waals surface area contributed by atoms with Gasteiger partial charge in [0, 0.05) is 18.5 Å². The fourth-order valence-corrected chi connectivity index (χ4v) is 3.05. The number of amides is 2. The molecule has 0 unspecified atom stereocenters. The van der Waals surface area contributed by atoms with Crippen LogP contribution < -0.4 is 5.32 Å². The first-order valence-electron chi connectivity index (χ1n) is 8.83. The van der Waals surface area contributed by atoms with Crippen molar-refractivity contribution in [3.8, 4) is 0 Å². The molecule has 7 heteroatoms. The number of nitrogens with one attached hydrogen (secondary N) is 1. The quantitative estimate of drug-likeness (QED) is 0.641. The molecule has 0 bridgehead atoms. The Labute approximate surface area is 167 Å². The lowest BCUT2D eigenvalue weighted by molar-refractivity contribution is -0.121. The molecule has 2 amide bonds. The van der Waals surface area contributed by atoms with Gasteiger partial charge in [-0.15, -0.1) is 0 Å². The van der Waals surface area contributed by atoms with E-state index in [4.69, 9.17) is 11.6 Å². The second-order valence-electron chi connectivity index (χ2n) is 6.23. The summed E-state index contributed by atoms with van der Waals surface area (Å²) in [6.45, 7) is 2.33. The van der Waals surface area contributed by atoms with E-state index in [1.165, 1.54) is 23.1 Å². The molecule has 144 valence electrons. The van der Waals surface area contributed by atoms with Crippen LogP contribution in [0.3, 0.4) is 0 Å². The van der Waals surface area contributed by atoms with Crippen LogP contribution in [0.1, 0.15) is 22.8 Å². The molecule has 1 aromatic heterocycles. The molecule has 5 nitrogen and oxygen atoms in total. The van der Waals surface area contributed by atoms with Gasteiger partial charge in [-0.05, 0) is 36.8 Å². The molecule has 28 heavy (non-hydrogen) atoms. The topological polar surface area (TPSA) is 62.3 Å². The molecule has 1 N–H and O–H groups in total. The highest BCUT2D eigenvalue weighted by Crippen LogP contribution is 2.22. The van der Waals surface area contributed by atoms with Gasteiger partial charge in [-0.2, -0.15) is 0 Å². The smallest absolute Gasteiger partial charge is 0.255 e. The van der Waals surface area contributed by atoms with Crippen LogP contribution in [0.25, 0.3) is 10.9 Å². The van der Waals surface area contributed by atoms with Gasteiger partial charge in [0.05, 0.1) is 17.6 Å². The predicted molar refractivity (Wildman–Crippen MR) is 107 cm³/mol. The average molecular weight is 400 g/mol. The van der Waals surface area contributed by atoms with Crippen LogP contribution in [0.4, 0.5) is 4.39 Å². The molecule has 0 radical (unpaired) electrons. The molecule has 0 aliphatic carbocycles. The van der Waals surface area contributed by atoms with E-state index in [-0.39, 0.29) is 35.9 Å². The molecule has 0 fully saturated rings. The summed E-state index contributed by atoms with van der Waals surface area (Å²) in [5.41, 5.74) is 1.80. The second kappa shape index (κ2) is 8.80. The first-order valence-corrected chi connectivity index (χ1v) is 9.21. The number of carbonyl (C=O) groups is 2. The van der Waals surface area contributed by atoms with Crippen LogP contribution >= 0.6 is 11.6 Å². The molecule has 1 heterocycles. The molecule has 3 aromatic rings. The van der Waals surface area contributed by atoms with Gasteiger partial charge in [0.2, 0.25) is 5.91 Å². The minimum atomic E-state index is -0.332. The highest BCUT2D eigenvalue weighted by atomic mass is 35.5. The summed E-state index contributed by atoms with van der Waals surface area (Å²) in [6, 6.07) is 14.6. The Kier molecular flexibility index (Phi) is 6.21. The molecule has 3 rings (SSSR count). The zero-order valence-electron chi connectivity index (χ0n) is 15.3. The Morgan fingerprint density at radius 1 is 1.14 bits per heavy atom. The van der Waals surface area contributed by atoms with Gasteiger partial charge in [0.15, 0.2) is 0 Å². The lowest BCUT2D eigenvalue weighted by Gasteiger charge is -2.21. The van der Waals surface area contributed by atoms with Crippen molar-refractivity contribution in [3.63, 3.8) is 0 Å². The van der Waals surface area contributed by atoms with Crippen LogP contribution in [0.2, 0.25) is 5.15 Å². The Balaban J connectivity index is 1.71. The zero-order chi connectivity index (χ0) is 20.1. The lowest BCUT2D eigenvalue weighted by Crippen LogP contribution is -2.40. The third kappa shape index (κ3) is 4.64. The van der Waals surface area contributed by atoms with Crippen molar-refractivity contribution < 1.29 is 14.0 Å². The number of nitrogens with zero attached hydrogens (tertiary/aromatic N) is 2. The molecule has 0 aliphatic rings. The molecular weight excluding hydrogens is 381 g/mol. The van der Waals surface area contributed by atoms with E-state index < -0.39 is 0 Å². The number of pyridine rings is 1. The number of rotatable bonds is 6. The number of para-hydroxylation sites is 1. The number of halogens is 2. The van der Waals surface area contributed by atoms with Crippen LogP contribution in [-0.2, 0) is 11.3 Å². The molecular formula is C21H19ClFN3O2. The maximum absolute atomic E-state index is 13.0. The standard InChI is InChI=1S/C21H19ClFN3O2/c1-2-26(13-20(27)24-12-14-7-9-15(23)10-8-14)21(28)17-11-19(22)25-18-6-4-3-5-16(17)18/h3-11H,2,12-13H2,1H3,(H,24,27). The molecule has 0 spiro atoms. The maximum atomic E-state index is 13.0. The number of benzene rings is 2. The Morgan fingerprint density at radius 2 is 1.86 bits per heavy atom. The summed E-state index contributed by atoms with van der Waals surface area (Å²) >= 11 is 6.06. The van der Waals surface area contributed by atoms with Crippen molar-refractivity contribution in [1.82, 2.24) is 15.2 Å². The maximum Gasteiger partial charge on any atom is 0.255 e. The minimum Gasteiger partial charge on any atom is -0.350 e. The summed E-state index contributed by atoms with van der Waals surface area (Å²) in [6.07, 6.45) is 0. The first-order chi connectivity index (χ1) is 13.5. The van der Waals surface area contributed by atoms with Crippen LogP contribution in [0, 0.1) is 5.82 Å². The van der Waals surface area contributed by atoms with E-state index in [2.05, 4.69) is 10.3 Å². The van der Waals surface area contributed by atoms with E-state index in [1.54, 1.807) is 31.2 Å². The summed E-state index contributed by atoms with van der Waals surface area (Å²) in [7, 11) is 0. The SMILES string of the molecule is CCN(CC(=O)NCc1ccc(F)cc1)C(=O)c1cc(Cl)nc2ccccc12. The minimum absolute atomic E-state index is 0.0925.